The molecule has 2 rings (SSSR count). The summed E-state index contributed by atoms with van der Waals surface area (Å²) < 4.78 is 4.86. The molecule has 0 saturated heterocycles. The van der Waals surface area contributed by atoms with Crippen LogP contribution in [0, 0.1) is 27.9 Å². The molecular weight excluding hydrogens is 292 g/mol. The number of esters is 1. The van der Waals surface area contributed by atoms with E-state index in [1.54, 1.807) is 6.92 Å². The van der Waals surface area contributed by atoms with E-state index in [9.17, 15) is 24.5 Å². The fraction of sp³-hybridized carbons (Fsp3) is 0.786. The molecule has 2 fully saturated rings. The maximum absolute atomic E-state index is 11.9. The minimum Gasteiger partial charge on any atom is -0.456 e. The first-order chi connectivity index (χ1) is 10.4. The highest BCUT2D eigenvalue weighted by atomic mass is 16.6. The minimum atomic E-state index is -0.681. The zero-order chi connectivity index (χ0) is 16.3. The summed E-state index contributed by atoms with van der Waals surface area (Å²) in [4.78, 5) is 45.3. The second kappa shape index (κ2) is 6.85. The molecule has 3 atom stereocenters. The summed E-state index contributed by atoms with van der Waals surface area (Å²) in [7, 11) is 0. The van der Waals surface area contributed by atoms with Gasteiger partial charge in [-0.3, -0.25) is 24.5 Å². The van der Waals surface area contributed by atoms with Gasteiger partial charge < -0.3 is 10.1 Å². The molecule has 2 aliphatic carbocycles. The lowest BCUT2D eigenvalue weighted by molar-refractivity contribution is -0.490. The number of rotatable bonds is 7. The number of nitro groups is 1. The van der Waals surface area contributed by atoms with Crippen LogP contribution in [-0.2, 0) is 19.1 Å². The van der Waals surface area contributed by atoms with Gasteiger partial charge in [0.2, 0.25) is 6.54 Å². The van der Waals surface area contributed by atoms with Crippen LogP contribution in [0.2, 0.25) is 0 Å². The Bertz CT molecular complexity index is 488. The summed E-state index contributed by atoms with van der Waals surface area (Å²) >= 11 is 0. The van der Waals surface area contributed by atoms with E-state index in [1.165, 1.54) is 0 Å². The zero-order valence-electron chi connectivity index (χ0n) is 12.4. The van der Waals surface area contributed by atoms with Crippen LogP contribution in [-0.4, -0.2) is 41.8 Å². The predicted octanol–water partition coefficient (Wildman–Crippen LogP) is 0.316. The smallest absolute Gasteiger partial charge is 0.307 e. The third kappa shape index (κ3) is 4.51. The molecule has 8 heteroatoms. The van der Waals surface area contributed by atoms with Crippen molar-refractivity contribution >= 4 is 17.7 Å². The van der Waals surface area contributed by atoms with Crippen molar-refractivity contribution in [2.45, 2.75) is 38.6 Å². The number of hydrogen-bond donors (Lipinski definition) is 1. The van der Waals surface area contributed by atoms with E-state index in [4.69, 9.17) is 4.74 Å². The normalized spacial score (nSPS) is 27.5. The number of ether oxygens (including phenoxy) is 1. The van der Waals surface area contributed by atoms with Crippen LogP contribution in [0.5, 0.6) is 0 Å². The van der Waals surface area contributed by atoms with Gasteiger partial charge in [-0.25, -0.2) is 0 Å². The second-order valence-electron chi connectivity index (χ2n) is 6.14. The first-order valence-corrected chi connectivity index (χ1v) is 7.46. The molecule has 0 aromatic carbocycles. The third-order valence-electron chi connectivity index (χ3n) is 4.24. The van der Waals surface area contributed by atoms with E-state index in [0.29, 0.717) is 0 Å². The van der Waals surface area contributed by atoms with E-state index in [2.05, 4.69) is 5.32 Å². The fourth-order valence-corrected chi connectivity index (χ4v) is 2.88. The summed E-state index contributed by atoms with van der Waals surface area (Å²) in [5.74, 6) is -2.40. The topological polar surface area (TPSA) is 116 Å². The molecule has 2 saturated carbocycles. The molecular formula is C14H20N2O6. The van der Waals surface area contributed by atoms with Crippen molar-refractivity contribution in [3.05, 3.63) is 10.1 Å². The summed E-state index contributed by atoms with van der Waals surface area (Å²) in [6, 6.07) is 0.188. The molecule has 1 amide bonds. The van der Waals surface area contributed by atoms with Crippen LogP contribution < -0.4 is 5.32 Å². The Kier molecular flexibility index (Phi) is 5.10. The second-order valence-corrected chi connectivity index (χ2v) is 6.14. The lowest BCUT2D eigenvalue weighted by atomic mass is 9.88. The highest BCUT2D eigenvalue weighted by molar-refractivity contribution is 5.88. The zero-order valence-corrected chi connectivity index (χ0v) is 12.4. The first-order valence-electron chi connectivity index (χ1n) is 7.46. The van der Waals surface area contributed by atoms with Crippen molar-refractivity contribution < 1.29 is 24.0 Å². The van der Waals surface area contributed by atoms with Crippen molar-refractivity contribution in [1.29, 1.82) is 0 Å². The lowest BCUT2D eigenvalue weighted by Gasteiger charge is -2.16. The quantitative estimate of drug-likeness (QED) is 0.411. The van der Waals surface area contributed by atoms with Gasteiger partial charge in [0.1, 0.15) is 5.78 Å². The van der Waals surface area contributed by atoms with Crippen LogP contribution in [0.4, 0.5) is 0 Å². The van der Waals surface area contributed by atoms with Gasteiger partial charge in [0.25, 0.3) is 5.91 Å². The highest BCUT2D eigenvalue weighted by Gasteiger charge is 2.44. The maximum Gasteiger partial charge on any atom is 0.307 e. The molecule has 0 bridgehead atoms. The number of nitrogens with zero attached hydrogens (tertiary/aromatic N) is 1. The minimum absolute atomic E-state index is 0.117. The van der Waals surface area contributed by atoms with Crippen molar-refractivity contribution in [2.75, 3.05) is 13.2 Å². The number of hydrogen-bond acceptors (Lipinski definition) is 6. The molecule has 0 aromatic heterocycles. The summed E-state index contributed by atoms with van der Waals surface area (Å²) in [6.45, 7) is 1.08. The van der Waals surface area contributed by atoms with Crippen LogP contribution in [0.15, 0.2) is 0 Å². The van der Waals surface area contributed by atoms with E-state index in [-0.39, 0.29) is 49.6 Å². The van der Waals surface area contributed by atoms with Crippen molar-refractivity contribution in [3.63, 3.8) is 0 Å². The predicted molar refractivity (Wildman–Crippen MR) is 74.4 cm³/mol. The summed E-state index contributed by atoms with van der Waals surface area (Å²) in [5.41, 5.74) is 0. The van der Waals surface area contributed by atoms with Gasteiger partial charge in [0.05, 0.1) is 6.42 Å². The van der Waals surface area contributed by atoms with Gasteiger partial charge in [-0.2, -0.15) is 0 Å². The van der Waals surface area contributed by atoms with Crippen LogP contribution in [0.25, 0.3) is 0 Å². The molecule has 0 unspecified atom stereocenters. The molecule has 8 nitrogen and oxygen atoms in total. The van der Waals surface area contributed by atoms with Gasteiger partial charge in [0.15, 0.2) is 6.61 Å². The SMILES string of the molecule is C[C@H]1CC(=O)[C@@H](CC(=O)OCC(=O)NC2CC2)[C@@H]1C[N+](=O)[O-]. The van der Waals surface area contributed by atoms with Crippen molar-refractivity contribution in [1.82, 2.24) is 5.32 Å². The van der Waals surface area contributed by atoms with Crippen molar-refractivity contribution in [3.8, 4) is 0 Å². The van der Waals surface area contributed by atoms with E-state index < -0.39 is 22.7 Å². The Morgan fingerprint density at radius 3 is 2.68 bits per heavy atom. The van der Waals surface area contributed by atoms with Crippen LogP contribution in [0.1, 0.15) is 32.6 Å². The van der Waals surface area contributed by atoms with E-state index >= 15 is 0 Å². The Morgan fingerprint density at radius 1 is 1.41 bits per heavy atom. The number of amides is 1. The Balaban J connectivity index is 1.81. The highest BCUT2D eigenvalue weighted by Crippen LogP contribution is 2.36. The Labute approximate surface area is 127 Å². The largest absolute Gasteiger partial charge is 0.456 e. The number of nitrogens with one attached hydrogen (secondary N) is 1. The van der Waals surface area contributed by atoms with Gasteiger partial charge >= 0.3 is 5.97 Å². The van der Waals surface area contributed by atoms with E-state index in [0.717, 1.165) is 12.8 Å². The first kappa shape index (κ1) is 16.4. The Morgan fingerprint density at radius 2 is 2.09 bits per heavy atom. The summed E-state index contributed by atoms with van der Waals surface area (Å²) in [5, 5.41) is 13.4. The average molecular weight is 312 g/mol. The van der Waals surface area contributed by atoms with Gasteiger partial charge in [-0.15, -0.1) is 0 Å². The van der Waals surface area contributed by atoms with Crippen LogP contribution >= 0.6 is 0 Å². The molecule has 0 aromatic rings. The van der Waals surface area contributed by atoms with E-state index in [1.807, 2.05) is 0 Å². The number of carbonyl (C=O) groups is 3. The molecule has 22 heavy (non-hydrogen) atoms. The molecule has 2 aliphatic rings. The maximum atomic E-state index is 11.9. The summed E-state index contributed by atoms with van der Waals surface area (Å²) in [6.07, 6.45) is 1.93. The average Bonchev–Trinajstić information content (AvgIpc) is 3.19. The standard InChI is InChI=1S/C14H20N2O6/c1-8-4-12(17)10(11(8)6-16(20)21)5-14(19)22-7-13(18)15-9-2-3-9/h8-11H,2-7H2,1H3,(H,15,18)/t8-,10-,11+/m0/s1. The molecule has 122 valence electrons. The monoisotopic (exact) mass is 312 g/mol. The molecule has 0 spiro atoms. The van der Waals surface area contributed by atoms with Crippen molar-refractivity contribution in [2.24, 2.45) is 17.8 Å². The fourth-order valence-electron chi connectivity index (χ4n) is 2.88. The molecule has 1 N–H and O–H groups in total. The molecule has 0 heterocycles. The molecule has 0 radical (unpaired) electrons. The number of carbonyl (C=O) groups excluding carboxylic acids is 3. The van der Waals surface area contributed by atoms with Crippen LogP contribution in [0.3, 0.4) is 0 Å². The molecule has 0 aliphatic heterocycles. The number of ketones is 1. The number of Topliss-reactive ketones (excluding diaryl/α,β-unsaturated/α-hetero) is 1. The Hall–Kier alpha value is -1.99. The lowest BCUT2D eigenvalue weighted by Crippen LogP contribution is -2.32. The van der Waals surface area contributed by atoms with Gasteiger partial charge in [-0.05, 0) is 18.8 Å². The third-order valence-corrected chi connectivity index (χ3v) is 4.24. The van der Waals surface area contributed by atoms with Gasteiger partial charge in [0, 0.05) is 29.2 Å². The van der Waals surface area contributed by atoms with Gasteiger partial charge in [-0.1, -0.05) is 6.92 Å².